The number of amides is 1. The van der Waals surface area contributed by atoms with Crippen LogP contribution in [0, 0.1) is 9.49 Å². The van der Waals surface area contributed by atoms with Crippen molar-refractivity contribution in [1.29, 1.82) is 0 Å². The molecule has 0 radical (unpaired) electrons. The van der Waals surface area contributed by atoms with Gasteiger partial charge >= 0.3 is 0 Å². The van der Waals surface area contributed by atoms with E-state index in [-0.39, 0.29) is 17.5 Å². The first-order valence-electron chi connectivity index (χ1n) is 12.1. The van der Waals surface area contributed by atoms with Crippen LogP contribution in [0.4, 0.5) is 5.69 Å². The summed E-state index contributed by atoms with van der Waals surface area (Å²) < 4.78 is 1.16. The number of benzene rings is 2. The standard InChI is InChI=1S/C27H34Cl2IN3O/c1-5-8-18(6-2)17-27(4,7-3)31-26(34)23-16-25(19-9-12-21(30)13-10-19)33(32-23)24-14-11-20(28)15-22(24)29/h9-15,18,25H,5-8,16-17H2,1-4H3,(H,31,34). The van der Waals surface area contributed by atoms with Gasteiger partial charge in [-0.25, -0.2) is 0 Å². The molecule has 3 rings (SSSR count). The van der Waals surface area contributed by atoms with E-state index in [1.54, 1.807) is 12.1 Å². The Balaban J connectivity index is 1.89. The molecule has 3 atom stereocenters. The Bertz CT molecular complexity index is 1030. The molecule has 34 heavy (non-hydrogen) atoms. The molecule has 1 amide bonds. The van der Waals surface area contributed by atoms with Gasteiger partial charge in [-0.1, -0.05) is 75.4 Å². The number of nitrogens with zero attached hydrogens (tertiary/aromatic N) is 2. The lowest BCUT2D eigenvalue weighted by atomic mass is 9.83. The fourth-order valence-electron chi connectivity index (χ4n) is 4.61. The van der Waals surface area contributed by atoms with Crippen LogP contribution >= 0.6 is 45.8 Å². The van der Waals surface area contributed by atoms with Gasteiger partial charge in [0.15, 0.2) is 0 Å². The molecule has 0 saturated heterocycles. The number of nitrogens with one attached hydrogen (secondary N) is 1. The minimum Gasteiger partial charge on any atom is -0.346 e. The Morgan fingerprint density at radius 3 is 2.50 bits per heavy atom. The zero-order chi connectivity index (χ0) is 24.9. The van der Waals surface area contributed by atoms with Crippen molar-refractivity contribution in [3.63, 3.8) is 0 Å². The van der Waals surface area contributed by atoms with Gasteiger partial charge in [-0.15, -0.1) is 0 Å². The van der Waals surface area contributed by atoms with Gasteiger partial charge in [0.25, 0.3) is 5.91 Å². The fourth-order valence-corrected chi connectivity index (χ4v) is 5.46. The lowest BCUT2D eigenvalue weighted by Gasteiger charge is -2.33. The molecule has 1 heterocycles. The number of rotatable bonds is 10. The summed E-state index contributed by atoms with van der Waals surface area (Å²) in [5, 5.41) is 11.1. The van der Waals surface area contributed by atoms with Crippen LogP contribution in [-0.4, -0.2) is 17.2 Å². The maximum absolute atomic E-state index is 13.5. The first kappa shape index (κ1) is 27.3. The predicted octanol–water partition coefficient (Wildman–Crippen LogP) is 8.41. The van der Waals surface area contributed by atoms with Gasteiger partial charge < -0.3 is 5.32 Å². The Hall–Kier alpha value is -1.31. The monoisotopic (exact) mass is 613 g/mol. The van der Waals surface area contributed by atoms with Gasteiger partial charge in [-0.3, -0.25) is 9.80 Å². The normalized spacial score (nSPS) is 18.4. The molecule has 1 N–H and O–H groups in total. The van der Waals surface area contributed by atoms with Crippen molar-refractivity contribution in [2.24, 2.45) is 11.0 Å². The van der Waals surface area contributed by atoms with Gasteiger partial charge in [-0.2, -0.15) is 5.10 Å². The molecule has 1 aliphatic rings. The summed E-state index contributed by atoms with van der Waals surface area (Å²) in [4.78, 5) is 13.5. The zero-order valence-corrected chi connectivity index (χ0v) is 24.0. The molecule has 3 unspecified atom stereocenters. The minimum atomic E-state index is -0.265. The van der Waals surface area contributed by atoms with E-state index in [9.17, 15) is 4.79 Å². The summed E-state index contributed by atoms with van der Waals surface area (Å²) in [5.41, 5.74) is 2.09. The molecule has 0 saturated carbocycles. The number of hydrogen-bond donors (Lipinski definition) is 1. The SMILES string of the molecule is CCCC(CC)CC(C)(CC)NC(=O)C1=NN(c2ccc(Cl)cc2Cl)C(c2ccc(I)cc2)C1. The molecule has 1 aliphatic heterocycles. The van der Waals surface area contributed by atoms with Gasteiger partial charge in [0.2, 0.25) is 0 Å². The highest BCUT2D eigenvalue weighted by molar-refractivity contribution is 14.1. The Morgan fingerprint density at radius 2 is 1.91 bits per heavy atom. The lowest BCUT2D eigenvalue weighted by molar-refractivity contribution is -0.116. The van der Waals surface area contributed by atoms with E-state index in [1.807, 2.05) is 11.1 Å². The van der Waals surface area contributed by atoms with E-state index >= 15 is 0 Å². The number of anilines is 1. The first-order chi connectivity index (χ1) is 16.2. The summed E-state index contributed by atoms with van der Waals surface area (Å²) >= 11 is 15.0. The van der Waals surface area contributed by atoms with Crippen LogP contribution in [0.15, 0.2) is 47.6 Å². The topological polar surface area (TPSA) is 44.7 Å². The van der Waals surface area contributed by atoms with Crippen LogP contribution in [0.5, 0.6) is 0 Å². The number of hydrogen-bond acceptors (Lipinski definition) is 3. The predicted molar refractivity (Wildman–Crippen MR) is 153 cm³/mol. The Kier molecular flexibility index (Phi) is 9.70. The molecule has 4 nitrogen and oxygen atoms in total. The van der Waals surface area contributed by atoms with Crippen molar-refractivity contribution in [3.05, 3.63) is 61.6 Å². The van der Waals surface area contributed by atoms with Crippen LogP contribution < -0.4 is 10.3 Å². The van der Waals surface area contributed by atoms with E-state index in [4.69, 9.17) is 28.3 Å². The van der Waals surface area contributed by atoms with E-state index in [1.165, 1.54) is 6.42 Å². The molecular weight excluding hydrogens is 580 g/mol. The van der Waals surface area contributed by atoms with Gasteiger partial charge in [0, 0.05) is 20.6 Å². The van der Waals surface area contributed by atoms with Crippen LogP contribution in [0.2, 0.25) is 10.0 Å². The largest absolute Gasteiger partial charge is 0.346 e. The molecule has 0 aliphatic carbocycles. The molecule has 0 spiro atoms. The quantitative estimate of drug-likeness (QED) is 0.273. The summed E-state index contributed by atoms with van der Waals surface area (Å²) in [5.74, 6) is 0.503. The Morgan fingerprint density at radius 1 is 1.21 bits per heavy atom. The molecule has 0 aromatic heterocycles. The molecular formula is C27H34Cl2IN3O. The smallest absolute Gasteiger partial charge is 0.268 e. The molecule has 0 bridgehead atoms. The third kappa shape index (κ3) is 6.67. The number of carbonyl (C=O) groups excluding carboxylic acids is 1. The zero-order valence-electron chi connectivity index (χ0n) is 20.4. The summed E-state index contributed by atoms with van der Waals surface area (Å²) in [7, 11) is 0. The lowest BCUT2D eigenvalue weighted by Crippen LogP contribution is -2.49. The minimum absolute atomic E-state index is 0.0983. The summed E-state index contributed by atoms with van der Waals surface area (Å²) in [6, 6.07) is 13.6. The molecule has 2 aromatic rings. The highest BCUT2D eigenvalue weighted by Gasteiger charge is 2.36. The summed E-state index contributed by atoms with van der Waals surface area (Å²) in [6.45, 7) is 8.75. The van der Waals surface area contributed by atoms with Gasteiger partial charge in [0.1, 0.15) is 5.71 Å². The van der Waals surface area contributed by atoms with Crippen LogP contribution in [-0.2, 0) is 4.79 Å². The number of hydrazone groups is 1. The van der Waals surface area contributed by atoms with Crippen molar-refractivity contribution in [1.82, 2.24) is 5.32 Å². The summed E-state index contributed by atoms with van der Waals surface area (Å²) in [6.07, 6.45) is 5.82. The second kappa shape index (κ2) is 12.1. The van der Waals surface area contributed by atoms with Gasteiger partial charge in [-0.05, 0) is 84.2 Å². The highest BCUT2D eigenvalue weighted by Crippen LogP contribution is 2.40. The maximum Gasteiger partial charge on any atom is 0.268 e. The average molecular weight is 614 g/mol. The van der Waals surface area contributed by atoms with E-state index in [0.29, 0.717) is 28.1 Å². The van der Waals surface area contributed by atoms with Crippen molar-refractivity contribution >= 4 is 63.1 Å². The van der Waals surface area contributed by atoms with Gasteiger partial charge in [0.05, 0.1) is 16.8 Å². The average Bonchev–Trinajstić information content (AvgIpc) is 3.24. The third-order valence-electron chi connectivity index (χ3n) is 6.79. The molecule has 184 valence electrons. The fraction of sp³-hybridized carbons (Fsp3) is 0.481. The van der Waals surface area contributed by atoms with Crippen LogP contribution in [0.1, 0.15) is 77.8 Å². The van der Waals surface area contributed by atoms with Crippen LogP contribution in [0.25, 0.3) is 0 Å². The molecule has 0 fully saturated rings. The van der Waals surface area contributed by atoms with Crippen molar-refractivity contribution in [2.45, 2.75) is 77.8 Å². The second-order valence-corrected chi connectivity index (χ2v) is 11.5. The number of carbonyl (C=O) groups is 1. The van der Waals surface area contributed by atoms with Crippen molar-refractivity contribution < 1.29 is 4.79 Å². The second-order valence-electron chi connectivity index (χ2n) is 9.39. The molecule has 2 aromatic carbocycles. The van der Waals surface area contributed by atoms with E-state index < -0.39 is 0 Å². The third-order valence-corrected chi connectivity index (χ3v) is 8.05. The van der Waals surface area contributed by atoms with Crippen molar-refractivity contribution in [3.8, 4) is 0 Å². The Labute approximate surface area is 227 Å². The molecule has 7 heteroatoms. The highest BCUT2D eigenvalue weighted by atomic mass is 127. The van der Waals surface area contributed by atoms with Crippen molar-refractivity contribution in [2.75, 3.05) is 5.01 Å². The van der Waals surface area contributed by atoms with E-state index in [0.717, 1.165) is 40.5 Å². The number of halogens is 3. The van der Waals surface area contributed by atoms with Crippen LogP contribution in [0.3, 0.4) is 0 Å². The first-order valence-corrected chi connectivity index (χ1v) is 13.9. The maximum atomic E-state index is 13.5. The van der Waals surface area contributed by atoms with E-state index in [2.05, 4.69) is 79.9 Å².